The number of anilines is 1. The van der Waals surface area contributed by atoms with E-state index in [9.17, 15) is 18.0 Å². The number of esters is 1. The minimum atomic E-state index is -3.13. The smallest absolute Gasteiger partial charge is 0.333 e. The number of furan rings is 1. The molecular formula is C25H28N2O6S. The van der Waals surface area contributed by atoms with Gasteiger partial charge in [-0.3, -0.25) is 4.90 Å². The summed E-state index contributed by atoms with van der Waals surface area (Å²) in [6.45, 7) is 5.93. The third-order valence-corrected chi connectivity index (χ3v) is 7.15. The zero-order chi connectivity index (χ0) is 24.7. The van der Waals surface area contributed by atoms with E-state index in [-0.39, 0.29) is 37.2 Å². The highest BCUT2D eigenvalue weighted by molar-refractivity contribution is 7.91. The Labute approximate surface area is 199 Å². The maximum absolute atomic E-state index is 13.5. The van der Waals surface area contributed by atoms with E-state index in [0.717, 1.165) is 11.1 Å². The van der Waals surface area contributed by atoms with Gasteiger partial charge in [-0.15, -0.1) is 0 Å². The van der Waals surface area contributed by atoms with Gasteiger partial charge in [0.2, 0.25) is 0 Å². The van der Waals surface area contributed by atoms with Crippen molar-refractivity contribution >= 4 is 27.5 Å². The Balaban J connectivity index is 1.90. The monoisotopic (exact) mass is 484 g/mol. The van der Waals surface area contributed by atoms with Gasteiger partial charge < -0.3 is 14.1 Å². The van der Waals surface area contributed by atoms with Gasteiger partial charge in [-0.25, -0.2) is 18.0 Å². The number of ether oxygens (including phenoxy) is 1. The number of benzene rings is 1. The zero-order valence-electron chi connectivity index (χ0n) is 19.3. The van der Waals surface area contributed by atoms with Crippen LogP contribution in [0.4, 0.5) is 10.5 Å². The normalized spacial score (nSPS) is 16.1. The Morgan fingerprint density at radius 1 is 1.12 bits per heavy atom. The Hall–Kier alpha value is -3.59. The number of hydrogen-bond donors (Lipinski definition) is 0. The van der Waals surface area contributed by atoms with Crippen molar-refractivity contribution in [3.05, 3.63) is 78.8 Å². The Bertz CT molecular complexity index is 1180. The fourth-order valence-electron chi connectivity index (χ4n) is 3.44. The maximum Gasteiger partial charge on any atom is 0.333 e. The van der Waals surface area contributed by atoms with Gasteiger partial charge in [-0.2, -0.15) is 0 Å². The molecule has 1 saturated heterocycles. The molecule has 3 rings (SSSR count). The van der Waals surface area contributed by atoms with Crippen LogP contribution in [0, 0.1) is 0 Å². The molecule has 180 valence electrons. The number of methoxy groups -OCH3 is 1. The maximum atomic E-state index is 13.5. The van der Waals surface area contributed by atoms with Gasteiger partial charge in [-0.05, 0) is 36.3 Å². The molecule has 0 radical (unpaired) electrons. The second-order valence-electron chi connectivity index (χ2n) is 7.85. The summed E-state index contributed by atoms with van der Waals surface area (Å²) in [4.78, 5) is 28.3. The Morgan fingerprint density at radius 2 is 1.79 bits per heavy atom. The van der Waals surface area contributed by atoms with Gasteiger partial charge >= 0.3 is 12.0 Å². The molecular weight excluding hydrogens is 456 g/mol. The molecule has 0 atom stereocenters. The topological polar surface area (TPSA) is 97.1 Å². The summed E-state index contributed by atoms with van der Waals surface area (Å²) in [5.41, 5.74) is 3.60. The van der Waals surface area contributed by atoms with Crippen molar-refractivity contribution in [1.29, 1.82) is 0 Å². The summed E-state index contributed by atoms with van der Waals surface area (Å²) in [5.74, 6) is -0.564. The van der Waals surface area contributed by atoms with E-state index < -0.39 is 15.8 Å². The largest absolute Gasteiger partial charge is 0.472 e. The van der Waals surface area contributed by atoms with Crippen molar-refractivity contribution in [3.8, 4) is 11.1 Å². The van der Waals surface area contributed by atoms with Gasteiger partial charge in [0.1, 0.15) is 0 Å². The molecule has 1 fully saturated rings. The molecule has 0 spiro atoms. The van der Waals surface area contributed by atoms with E-state index >= 15 is 0 Å². The summed E-state index contributed by atoms with van der Waals surface area (Å²) in [6, 6.07) is 8.99. The first-order valence-electron chi connectivity index (χ1n) is 10.7. The Morgan fingerprint density at radius 3 is 2.35 bits per heavy atom. The predicted molar refractivity (Wildman–Crippen MR) is 131 cm³/mol. The van der Waals surface area contributed by atoms with E-state index in [4.69, 9.17) is 9.15 Å². The molecule has 0 saturated carbocycles. The van der Waals surface area contributed by atoms with Gasteiger partial charge in [-0.1, -0.05) is 36.9 Å². The van der Waals surface area contributed by atoms with Crippen molar-refractivity contribution in [2.24, 2.45) is 0 Å². The molecule has 2 heterocycles. The van der Waals surface area contributed by atoms with Crippen LogP contribution < -0.4 is 4.90 Å². The third-order valence-electron chi connectivity index (χ3n) is 5.54. The average molecular weight is 485 g/mol. The number of allylic oxidation sites excluding steroid dienone is 2. The van der Waals surface area contributed by atoms with Crippen LogP contribution in [-0.4, -0.2) is 63.6 Å². The Kier molecular flexibility index (Phi) is 8.12. The lowest BCUT2D eigenvalue weighted by molar-refractivity contribution is -0.136. The number of rotatable bonds is 7. The molecule has 2 aromatic rings. The summed E-state index contributed by atoms with van der Waals surface area (Å²) >= 11 is 0. The summed E-state index contributed by atoms with van der Waals surface area (Å²) < 4.78 is 33.5. The third kappa shape index (κ3) is 6.26. The van der Waals surface area contributed by atoms with Crippen molar-refractivity contribution in [3.63, 3.8) is 0 Å². The molecule has 1 aliphatic rings. The highest BCUT2D eigenvalue weighted by Gasteiger charge is 2.29. The first-order chi connectivity index (χ1) is 16.2. The molecule has 0 N–H and O–H groups in total. The predicted octanol–water partition coefficient (Wildman–Crippen LogP) is 3.84. The van der Waals surface area contributed by atoms with Gasteiger partial charge in [0.05, 0.1) is 37.7 Å². The van der Waals surface area contributed by atoms with Crippen molar-refractivity contribution in [1.82, 2.24) is 4.90 Å². The van der Waals surface area contributed by atoms with Crippen LogP contribution in [-0.2, 0) is 19.4 Å². The minimum Gasteiger partial charge on any atom is -0.472 e. The van der Waals surface area contributed by atoms with E-state index in [2.05, 4.69) is 6.58 Å². The molecule has 1 aromatic heterocycles. The lowest BCUT2D eigenvalue weighted by Crippen LogP contribution is -2.50. The van der Waals surface area contributed by atoms with E-state index in [1.807, 2.05) is 30.3 Å². The van der Waals surface area contributed by atoms with Crippen molar-refractivity contribution in [2.45, 2.75) is 6.92 Å². The lowest BCUT2D eigenvalue weighted by atomic mass is 10.1. The van der Waals surface area contributed by atoms with Crippen molar-refractivity contribution < 1.29 is 27.2 Å². The quantitative estimate of drug-likeness (QED) is 0.337. The highest BCUT2D eigenvalue weighted by atomic mass is 32.2. The van der Waals surface area contributed by atoms with Crippen LogP contribution in [0.25, 0.3) is 11.1 Å². The van der Waals surface area contributed by atoms with Gasteiger partial charge in [0.25, 0.3) is 0 Å². The zero-order valence-corrected chi connectivity index (χ0v) is 20.1. The molecule has 2 amide bonds. The molecule has 9 heteroatoms. The lowest BCUT2D eigenvalue weighted by Gasteiger charge is -2.33. The first kappa shape index (κ1) is 25.0. The molecule has 0 unspecified atom stereocenters. The molecule has 1 aliphatic heterocycles. The number of carbonyl (C=O) groups excluding carboxylic acids is 2. The van der Waals surface area contributed by atoms with Gasteiger partial charge in [0.15, 0.2) is 9.84 Å². The second-order valence-corrected chi connectivity index (χ2v) is 10.2. The van der Waals surface area contributed by atoms with Crippen LogP contribution in [0.5, 0.6) is 0 Å². The summed E-state index contributed by atoms with van der Waals surface area (Å²) in [6.07, 6.45) is 8.16. The summed E-state index contributed by atoms with van der Waals surface area (Å²) in [5, 5.41) is 0. The number of urea groups is 1. The number of nitrogens with zero attached hydrogens (tertiary/aromatic N) is 2. The fraction of sp³-hybridized carbons (Fsp3) is 0.280. The minimum absolute atomic E-state index is 0.0583. The van der Waals surface area contributed by atoms with Crippen LogP contribution in [0.1, 0.15) is 6.92 Å². The number of carbonyl (C=O) groups is 2. The molecule has 34 heavy (non-hydrogen) atoms. The van der Waals surface area contributed by atoms with Crippen LogP contribution in [0.15, 0.2) is 83.2 Å². The van der Waals surface area contributed by atoms with Crippen molar-refractivity contribution in [2.75, 3.05) is 43.1 Å². The van der Waals surface area contributed by atoms with Crippen LogP contribution >= 0.6 is 0 Å². The fourth-order valence-corrected chi connectivity index (χ4v) is 4.64. The molecule has 1 aromatic carbocycles. The first-order valence-corrected chi connectivity index (χ1v) is 12.5. The second kappa shape index (κ2) is 11.0. The SMILES string of the molecule is C=C/C(=C\C=C(/C)C(=O)OC)CN(C(=O)N1CCS(=O)(=O)CC1)c1ccc(-c2ccoc2)cc1. The van der Waals surface area contributed by atoms with Gasteiger partial charge in [0, 0.05) is 29.9 Å². The van der Waals surface area contributed by atoms with E-state index in [1.54, 1.807) is 47.5 Å². The summed E-state index contributed by atoms with van der Waals surface area (Å²) in [7, 11) is -1.82. The van der Waals surface area contributed by atoms with E-state index in [0.29, 0.717) is 16.8 Å². The standard InChI is InChI=1S/C25H28N2O6S/c1-4-20(6-5-19(2)24(28)32-3)17-27(25(29)26-12-15-34(30,31)16-13-26)23-9-7-21(8-10-23)22-11-14-33-18-22/h4-11,14,18H,1,12-13,15-17H2,2-3H3/b19-5+,20-6+. The highest BCUT2D eigenvalue weighted by Crippen LogP contribution is 2.25. The number of amides is 2. The van der Waals surface area contributed by atoms with Crippen LogP contribution in [0.2, 0.25) is 0 Å². The van der Waals surface area contributed by atoms with Crippen LogP contribution in [0.3, 0.4) is 0 Å². The number of sulfone groups is 1. The average Bonchev–Trinajstić information content (AvgIpc) is 3.38. The van der Waals surface area contributed by atoms with E-state index in [1.165, 1.54) is 7.11 Å². The molecule has 0 aliphatic carbocycles. The number of hydrogen-bond acceptors (Lipinski definition) is 6. The molecule has 8 nitrogen and oxygen atoms in total. The molecule has 0 bridgehead atoms.